The van der Waals surface area contributed by atoms with Crippen molar-refractivity contribution in [3.8, 4) is 0 Å². The lowest BCUT2D eigenvalue weighted by atomic mass is 9.94. The van der Waals surface area contributed by atoms with Crippen LogP contribution in [0.4, 0.5) is 0 Å². The fourth-order valence-electron chi connectivity index (χ4n) is 2.11. The average molecular weight is 253 g/mol. The Bertz CT molecular complexity index is 589. The summed E-state index contributed by atoms with van der Waals surface area (Å²) in [5.74, 6) is 0.341. The largest absolute Gasteiger partial charge is 0.330 e. The number of benzene rings is 2. The van der Waals surface area contributed by atoms with Crippen molar-refractivity contribution < 1.29 is 4.79 Å². The van der Waals surface area contributed by atoms with Crippen LogP contribution in [-0.2, 0) is 0 Å². The molecule has 1 unspecified atom stereocenters. The minimum atomic E-state index is 0.0733. The second-order valence-corrected chi connectivity index (χ2v) is 4.91. The van der Waals surface area contributed by atoms with Crippen molar-refractivity contribution >= 4 is 5.78 Å². The standard InChI is InChI=1S/C17H19NO/c1-12-6-3-4-9-16(12)17(19)15-8-5-7-14(10-15)13(2)11-18/h3-10,13H,11,18H2,1-2H3. The molecule has 0 bridgehead atoms. The van der Waals surface area contributed by atoms with Crippen molar-refractivity contribution in [2.24, 2.45) is 5.73 Å². The van der Waals surface area contributed by atoms with Crippen LogP contribution >= 0.6 is 0 Å². The smallest absolute Gasteiger partial charge is 0.193 e. The lowest BCUT2D eigenvalue weighted by Crippen LogP contribution is -2.10. The van der Waals surface area contributed by atoms with Gasteiger partial charge in [-0.05, 0) is 36.6 Å². The van der Waals surface area contributed by atoms with E-state index in [-0.39, 0.29) is 11.7 Å². The Balaban J connectivity index is 2.37. The van der Waals surface area contributed by atoms with Gasteiger partial charge in [0.15, 0.2) is 5.78 Å². The first-order chi connectivity index (χ1) is 9.13. The van der Waals surface area contributed by atoms with Crippen molar-refractivity contribution in [2.45, 2.75) is 19.8 Å². The number of rotatable bonds is 4. The highest BCUT2D eigenvalue weighted by atomic mass is 16.1. The Hall–Kier alpha value is -1.93. The van der Waals surface area contributed by atoms with Crippen LogP contribution in [0.2, 0.25) is 0 Å². The van der Waals surface area contributed by atoms with E-state index in [1.54, 1.807) is 0 Å². The lowest BCUT2D eigenvalue weighted by molar-refractivity contribution is 0.103. The molecule has 1 atom stereocenters. The van der Waals surface area contributed by atoms with E-state index < -0.39 is 0 Å². The molecule has 0 amide bonds. The molecule has 0 saturated heterocycles. The number of hydrogen-bond acceptors (Lipinski definition) is 2. The first kappa shape index (κ1) is 13.5. The Labute approximate surface area is 114 Å². The third kappa shape index (κ3) is 2.91. The average Bonchev–Trinajstić information content (AvgIpc) is 2.46. The molecule has 0 aromatic heterocycles. The van der Waals surface area contributed by atoms with Gasteiger partial charge in [0, 0.05) is 11.1 Å². The summed E-state index contributed by atoms with van der Waals surface area (Å²) in [4.78, 5) is 12.5. The molecule has 0 heterocycles. The zero-order chi connectivity index (χ0) is 13.8. The zero-order valence-corrected chi connectivity index (χ0v) is 11.4. The third-order valence-electron chi connectivity index (χ3n) is 3.46. The van der Waals surface area contributed by atoms with Crippen LogP contribution in [0.5, 0.6) is 0 Å². The van der Waals surface area contributed by atoms with Gasteiger partial charge >= 0.3 is 0 Å². The van der Waals surface area contributed by atoms with Crippen LogP contribution in [0.25, 0.3) is 0 Å². The first-order valence-corrected chi connectivity index (χ1v) is 6.54. The lowest BCUT2D eigenvalue weighted by Gasteiger charge is -2.11. The summed E-state index contributed by atoms with van der Waals surface area (Å²) in [5.41, 5.74) is 9.29. The number of ketones is 1. The molecule has 2 aromatic carbocycles. The number of carbonyl (C=O) groups excluding carboxylic acids is 1. The molecule has 2 N–H and O–H groups in total. The molecule has 19 heavy (non-hydrogen) atoms. The molecule has 2 nitrogen and oxygen atoms in total. The van der Waals surface area contributed by atoms with Gasteiger partial charge in [-0.15, -0.1) is 0 Å². The third-order valence-corrected chi connectivity index (χ3v) is 3.46. The fourth-order valence-corrected chi connectivity index (χ4v) is 2.11. The summed E-state index contributed by atoms with van der Waals surface area (Å²) in [6.07, 6.45) is 0. The molecule has 0 radical (unpaired) electrons. The molecule has 2 heteroatoms. The normalized spacial score (nSPS) is 12.2. The van der Waals surface area contributed by atoms with Gasteiger partial charge in [0.25, 0.3) is 0 Å². The van der Waals surface area contributed by atoms with E-state index in [0.717, 1.165) is 22.3 Å². The van der Waals surface area contributed by atoms with Gasteiger partial charge in [-0.25, -0.2) is 0 Å². The molecule has 0 spiro atoms. The molecule has 2 aromatic rings. The van der Waals surface area contributed by atoms with E-state index in [0.29, 0.717) is 6.54 Å². The summed E-state index contributed by atoms with van der Waals surface area (Å²) in [6, 6.07) is 15.4. The van der Waals surface area contributed by atoms with E-state index in [1.165, 1.54) is 0 Å². The molecule has 2 rings (SSSR count). The molecule has 0 aliphatic rings. The fraction of sp³-hybridized carbons (Fsp3) is 0.235. The van der Waals surface area contributed by atoms with Crippen molar-refractivity contribution in [3.63, 3.8) is 0 Å². The monoisotopic (exact) mass is 253 g/mol. The predicted octanol–water partition coefficient (Wildman–Crippen LogP) is 3.29. The van der Waals surface area contributed by atoms with Crippen LogP contribution in [0.15, 0.2) is 48.5 Å². The van der Waals surface area contributed by atoms with Crippen LogP contribution in [-0.4, -0.2) is 12.3 Å². The summed E-state index contributed by atoms with van der Waals surface area (Å²) < 4.78 is 0. The van der Waals surface area contributed by atoms with Crippen molar-refractivity contribution in [2.75, 3.05) is 6.54 Å². The predicted molar refractivity (Wildman–Crippen MR) is 78.5 cm³/mol. The molecule has 0 aliphatic carbocycles. The van der Waals surface area contributed by atoms with Crippen LogP contribution in [0.1, 0.15) is 39.9 Å². The van der Waals surface area contributed by atoms with Crippen LogP contribution in [0.3, 0.4) is 0 Å². The summed E-state index contributed by atoms with van der Waals surface area (Å²) in [7, 11) is 0. The molecule has 98 valence electrons. The van der Waals surface area contributed by atoms with Crippen molar-refractivity contribution in [1.82, 2.24) is 0 Å². The first-order valence-electron chi connectivity index (χ1n) is 6.54. The van der Waals surface area contributed by atoms with E-state index >= 15 is 0 Å². The van der Waals surface area contributed by atoms with Crippen LogP contribution in [0, 0.1) is 6.92 Å². The van der Waals surface area contributed by atoms with Gasteiger partial charge in [-0.2, -0.15) is 0 Å². The Morgan fingerprint density at radius 3 is 2.58 bits per heavy atom. The summed E-state index contributed by atoms with van der Waals surface area (Å²) in [5, 5.41) is 0. The maximum Gasteiger partial charge on any atom is 0.193 e. The van der Waals surface area contributed by atoms with E-state index in [1.807, 2.05) is 55.5 Å². The zero-order valence-electron chi connectivity index (χ0n) is 11.4. The molecular weight excluding hydrogens is 234 g/mol. The highest BCUT2D eigenvalue weighted by Crippen LogP contribution is 2.19. The van der Waals surface area contributed by atoms with E-state index in [9.17, 15) is 4.79 Å². The summed E-state index contributed by atoms with van der Waals surface area (Å²) >= 11 is 0. The molecule has 0 aliphatic heterocycles. The van der Waals surface area contributed by atoms with Gasteiger partial charge < -0.3 is 5.73 Å². The highest BCUT2D eigenvalue weighted by Gasteiger charge is 2.12. The second kappa shape index (κ2) is 5.81. The van der Waals surface area contributed by atoms with E-state index in [4.69, 9.17) is 5.73 Å². The highest BCUT2D eigenvalue weighted by molar-refractivity contribution is 6.09. The van der Waals surface area contributed by atoms with Gasteiger partial charge in [0.05, 0.1) is 0 Å². The minimum Gasteiger partial charge on any atom is -0.330 e. The number of aryl methyl sites for hydroxylation is 1. The van der Waals surface area contributed by atoms with Gasteiger partial charge in [-0.1, -0.05) is 49.4 Å². The Kier molecular flexibility index (Phi) is 4.13. The van der Waals surface area contributed by atoms with Gasteiger partial charge in [0.2, 0.25) is 0 Å². The quantitative estimate of drug-likeness (QED) is 0.850. The van der Waals surface area contributed by atoms with Gasteiger partial charge in [-0.3, -0.25) is 4.79 Å². The van der Waals surface area contributed by atoms with Gasteiger partial charge in [0.1, 0.15) is 0 Å². The molecule has 0 saturated carbocycles. The minimum absolute atomic E-state index is 0.0733. The maximum absolute atomic E-state index is 12.5. The molecular formula is C17H19NO. The number of nitrogens with two attached hydrogens (primary N) is 1. The van der Waals surface area contributed by atoms with Crippen molar-refractivity contribution in [1.29, 1.82) is 0 Å². The topological polar surface area (TPSA) is 43.1 Å². The van der Waals surface area contributed by atoms with Crippen molar-refractivity contribution in [3.05, 3.63) is 70.8 Å². The number of hydrogen-bond donors (Lipinski definition) is 1. The number of carbonyl (C=O) groups is 1. The van der Waals surface area contributed by atoms with E-state index in [2.05, 4.69) is 6.92 Å². The molecule has 0 fully saturated rings. The van der Waals surface area contributed by atoms with Crippen LogP contribution < -0.4 is 5.73 Å². The Morgan fingerprint density at radius 1 is 1.16 bits per heavy atom. The Morgan fingerprint density at radius 2 is 1.89 bits per heavy atom. The summed E-state index contributed by atoms with van der Waals surface area (Å²) in [6.45, 7) is 4.61. The second-order valence-electron chi connectivity index (χ2n) is 4.91. The maximum atomic E-state index is 12.5. The SMILES string of the molecule is Cc1ccccc1C(=O)c1cccc(C(C)CN)c1.